The topological polar surface area (TPSA) is 50.9 Å². The number of hydrogen-bond acceptors (Lipinski definition) is 3. The van der Waals surface area contributed by atoms with E-state index in [0.29, 0.717) is 5.69 Å². The van der Waals surface area contributed by atoms with Gasteiger partial charge in [0.2, 0.25) is 0 Å². The number of benzene rings is 1. The van der Waals surface area contributed by atoms with Gasteiger partial charge in [-0.05, 0) is 38.3 Å². The Kier molecular flexibility index (Phi) is 4.05. The summed E-state index contributed by atoms with van der Waals surface area (Å²) < 4.78 is 0. The summed E-state index contributed by atoms with van der Waals surface area (Å²) in [5.74, 6) is 0. The predicted octanol–water partition coefficient (Wildman–Crippen LogP) is 3.49. The molecule has 0 spiro atoms. The van der Waals surface area contributed by atoms with Gasteiger partial charge in [-0.1, -0.05) is 30.3 Å². The fraction of sp³-hybridized carbons (Fsp3) is 0.312. The average Bonchev–Trinajstić information content (AvgIpc) is 2.37. The van der Waals surface area contributed by atoms with Crippen LogP contribution in [0.25, 0.3) is 0 Å². The molecule has 0 amide bonds. The van der Waals surface area contributed by atoms with Crippen LogP contribution >= 0.6 is 0 Å². The summed E-state index contributed by atoms with van der Waals surface area (Å²) in [6.45, 7) is 4.39. The summed E-state index contributed by atoms with van der Waals surface area (Å²) in [6.07, 6.45) is 5.56. The highest BCUT2D eigenvalue weighted by molar-refractivity contribution is 5.52. The van der Waals surface area contributed by atoms with E-state index in [1.165, 1.54) is 5.56 Å². The molecule has 1 aromatic heterocycles. The van der Waals surface area contributed by atoms with E-state index in [9.17, 15) is 0 Å². The van der Waals surface area contributed by atoms with Gasteiger partial charge < -0.3 is 11.1 Å². The predicted molar refractivity (Wildman–Crippen MR) is 81.1 cm³/mol. The molecule has 0 atom stereocenters. The molecule has 19 heavy (non-hydrogen) atoms. The van der Waals surface area contributed by atoms with Crippen molar-refractivity contribution in [2.24, 2.45) is 0 Å². The van der Waals surface area contributed by atoms with Gasteiger partial charge in [0.1, 0.15) is 0 Å². The molecule has 0 aliphatic carbocycles. The molecule has 0 radical (unpaired) electrons. The second-order valence-corrected chi connectivity index (χ2v) is 5.50. The van der Waals surface area contributed by atoms with Crippen molar-refractivity contribution < 1.29 is 0 Å². The molecule has 0 saturated carbocycles. The van der Waals surface area contributed by atoms with Gasteiger partial charge in [-0.25, -0.2) is 0 Å². The van der Waals surface area contributed by atoms with Crippen LogP contribution in [0.4, 0.5) is 11.4 Å². The Hall–Kier alpha value is -2.03. The number of pyridine rings is 1. The van der Waals surface area contributed by atoms with E-state index in [1.54, 1.807) is 12.4 Å². The van der Waals surface area contributed by atoms with Crippen molar-refractivity contribution in [2.75, 3.05) is 11.1 Å². The molecule has 2 aromatic rings. The first kappa shape index (κ1) is 13.4. The maximum atomic E-state index is 5.74. The molecule has 3 heteroatoms. The lowest BCUT2D eigenvalue weighted by Crippen LogP contribution is -2.31. The number of hydrogen-bond donors (Lipinski definition) is 2. The molecular formula is C16H21N3. The molecule has 1 aromatic carbocycles. The van der Waals surface area contributed by atoms with Gasteiger partial charge in [-0.15, -0.1) is 0 Å². The minimum absolute atomic E-state index is 0.00527. The van der Waals surface area contributed by atoms with Gasteiger partial charge in [-0.2, -0.15) is 0 Å². The standard InChI is InChI=1S/C16H21N3/c1-16(2,9-8-13-6-4-3-5-7-13)19-15-10-14(17)11-18-12-15/h3-7,10-12,19H,8-9,17H2,1-2H3. The third kappa shape index (κ3) is 4.28. The van der Waals surface area contributed by atoms with Gasteiger partial charge in [0.25, 0.3) is 0 Å². The second-order valence-electron chi connectivity index (χ2n) is 5.50. The molecule has 0 aliphatic rings. The molecule has 0 saturated heterocycles. The van der Waals surface area contributed by atoms with E-state index >= 15 is 0 Å². The Morgan fingerprint density at radius 2 is 1.89 bits per heavy atom. The molecular weight excluding hydrogens is 234 g/mol. The molecule has 0 fully saturated rings. The summed E-state index contributed by atoms with van der Waals surface area (Å²) in [7, 11) is 0. The highest BCUT2D eigenvalue weighted by atomic mass is 15.0. The number of rotatable bonds is 5. The fourth-order valence-corrected chi connectivity index (χ4v) is 2.08. The third-order valence-corrected chi connectivity index (χ3v) is 3.12. The van der Waals surface area contributed by atoms with Crippen LogP contribution < -0.4 is 11.1 Å². The van der Waals surface area contributed by atoms with E-state index in [1.807, 2.05) is 12.1 Å². The minimum atomic E-state index is 0.00527. The number of nitrogens with zero attached hydrogens (tertiary/aromatic N) is 1. The van der Waals surface area contributed by atoms with E-state index in [0.717, 1.165) is 18.5 Å². The summed E-state index contributed by atoms with van der Waals surface area (Å²) in [6, 6.07) is 12.5. The van der Waals surface area contributed by atoms with Gasteiger partial charge in [0.15, 0.2) is 0 Å². The van der Waals surface area contributed by atoms with E-state index in [-0.39, 0.29) is 5.54 Å². The van der Waals surface area contributed by atoms with E-state index < -0.39 is 0 Å². The number of anilines is 2. The number of aryl methyl sites for hydroxylation is 1. The van der Waals surface area contributed by atoms with Crippen molar-refractivity contribution in [3.05, 3.63) is 54.4 Å². The van der Waals surface area contributed by atoms with Crippen molar-refractivity contribution in [2.45, 2.75) is 32.2 Å². The minimum Gasteiger partial charge on any atom is -0.397 e. The van der Waals surface area contributed by atoms with Gasteiger partial charge in [-0.3, -0.25) is 4.98 Å². The SMILES string of the molecule is CC(C)(CCc1ccccc1)Nc1cncc(N)c1. The highest BCUT2D eigenvalue weighted by Gasteiger charge is 2.17. The summed E-state index contributed by atoms with van der Waals surface area (Å²) in [5, 5.41) is 3.49. The first-order chi connectivity index (χ1) is 9.05. The number of nitrogens with two attached hydrogens (primary N) is 1. The first-order valence-electron chi connectivity index (χ1n) is 6.58. The van der Waals surface area contributed by atoms with Crippen LogP contribution in [0.1, 0.15) is 25.8 Å². The molecule has 0 bridgehead atoms. The number of aromatic nitrogens is 1. The van der Waals surface area contributed by atoms with Gasteiger partial charge in [0, 0.05) is 11.7 Å². The van der Waals surface area contributed by atoms with Gasteiger partial charge in [0.05, 0.1) is 17.6 Å². The Bertz CT molecular complexity index is 521. The largest absolute Gasteiger partial charge is 0.397 e. The first-order valence-corrected chi connectivity index (χ1v) is 6.58. The lowest BCUT2D eigenvalue weighted by molar-refractivity contribution is 0.518. The normalized spacial score (nSPS) is 11.3. The van der Waals surface area contributed by atoms with Crippen molar-refractivity contribution >= 4 is 11.4 Å². The molecule has 100 valence electrons. The van der Waals surface area contributed by atoms with Crippen LogP contribution in [0.5, 0.6) is 0 Å². The zero-order chi connectivity index (χ0) is 13.7. The Morgan fingerprint density at radius 1 is 1.16 bits per heavy atom. The summed E-state index contributed by atoms with van der Waals surface area (Å²) in [5.41, 5.74) is 8.76. The third-order valence-electron chi connectivity index (χ3n) is 3.12. The Labute approximate surface area is 114 Å². The second kappa shape index (κ2) is 5.74. The van der Waals surface area contributed by atoms with E-state index in [4.69, 9.17) is 5.73 Å². The van der Waals surface area contributed by atoms with Crippen molar-refractivity contribution in [1.29, 1.82) is 0 Å². The zero-order valence-electron chi connectivity index (χ0n) is 11.6. The maximum absolute atomic E-state index is 5.74. The fourth-order valence-electron chi connectivity index (χ4n) is 2.08. The molecule has 3 N–H and O–H groups in total. The van der Waals surface area contributed by atoms with Crippen LogP contribution in [0.15, 0.2) is 48.8 Å². The van der Waals surface area contributed by atoms with Crippen LogP contribution in [0, 0.1) is 0 Å². The molecule has 3 nitrogen and oxygen atoms in total. The summed E-state index contributed by atoms with van der Waals surface area (Å²) in [4.78, 5) is 4.10. The van der Waals surface area contributed by atoms with Crippen LogP contribution in [-0.2, 0) is 6.42 Å². The monoisotopic (exact) mass is 255 g/mol. The van der Waals surface area contributed by atoms with Crippen molar-refractivity contribution in [1.82, 2.24) is 4.98 Å². The quantitative estimate of drug-likeness (QED) is 0.860. The molecule has 0 aliphatic heterocycles. The molecule has 2 rings (SSSR count). The molecule has 1 heterocycles. The lowest BCUT2D eigenvalue weighted by Gasteiger charge is -2.27. The zero-order valence-corrected chi connectivity index (χ0v) is 11.6. The van der Waals surface area contributed by atoms with E-state index in [2.05, 4.69) is 48.4 Å². The van der Waals surface area contributed by atoms with Crippen molar-refractivity contribution in [3.8, 4) is 0 Å². The van der Waals surface area contributed by atoms with Crippen LogP contribution in [0.3, 0.4) is 0 Å². The summed E-state index contributed by atoms with van der Waals surface area (Å²) >= 11 is 0. The maximum Gasteiger partial charge on any atom is 0.0551 e. The number of nitrogen functional groups attached to an aromatic ring is 1. The number of nitrogens with one attached hydrogen (secondary N) is 1. The molecule has 0 unspecified atom stereocenters. The highest BCUT2D eigenvalue weighted by Crippen LogP contribution is 2.20. The van der Waals surface area contributed by atoms with Crippen LogP contribution in [0.2, 0.25) is 0 Å². The van der Waals surface area contributed by atoms with Crippen molar-refractivity contribution in [3.63, 3.8) is 0 Å². The smallest absolute Gasteiger partial charge is 0.0551 e. The van der Waals surface area contributed by atoms with Gasteiger partial charge >= 0.3 is 0 Å². The van der Waals surface area contributed by atoms with Crippen LogP contribution in [-0.4, -0.2) is 10.5 Å². The average molecular weight is 255 g/mol. The lowest BCUT2D eigenvalue weighted by atomic mass is 9.95. The Balaban J connectivity index is 1.95. The Morgan fingerprint density at radius 3 is 2.58 bits per heavy atom.